The Balaban J connectivity index is -0.00000294. The number of carbonyl (C=O) groups excluding carboxylic acids is 3. The van der Waals surface area contributed by atoms with Crippen LogP contribution in [-0.2, 0) is 28.5 Å². The van der Waals surface area contributed by atoms with E-state index in [9.17, 15) is 14.4 Å². The fourth-order valence-corrected chi connectivity index (χ4v) is 4.96. The average Bonchev–Trinajstić information content (AvgIpc) is 3.00. The first-order chi connectivity index (χ1) is 21.0. The van der Waals surface area contributed by atoms with Crippen molar-refractivity contribution >= 4 is 18.0 Å². The molecule has 0 radical (unpaired) electrons. The summed E-state index contributed by atoms with van der Waals surface area (Å²) in [5, 5.41) is 2.56. The highest BCUT2D eigenvalue weighted by Crippen LogP contribution is 2.14. The largest absolute Gasteiger partial charge is 0.462 e. The van der Waals surface area contributed by atoms with Gasteiger partial charge >= 0.3 is 18.0 Å². The molecule has 0 aromatic carbocycles. The maximum Gasteiger partial charge on any atom is 0.407 e. The van der Waals surface area contributed by atoms with Gasteiger partial charge < -0.3 is 24.3 Å². The molecule has 0 heterocycles. The van der Waals surface area contributed by atoms with Gasteiger partial charge in [0.05, 0.1) is 6.61 Å². The van der Waals surface area contributed by atoms with E-state index in [1.54, 1.807) is 7.11 Å². The maximum absolute atomic E-state index is 12.5. The number of hydrogen-bond acceptors (Lipinski definition) is 7. The van der Waals surface area contributed by atoms with E-state index >= 15 is 0 Å². The molecule has 0 aliphatic carbocycles. The molecule has 0 spiro atoms. The van der Waals surface area contributed by atoms with Crippen LogP contribution >= 0.6 is 0 Å². The molecule has 8 nitrogen and oxygen atoms in total. The third kappa shape index (κ3) is 38.4. The lowest BCUT2D eigenvalue weighted by Gasteiger charge is -2.18. The third-order valence-electron chi connectivity index (χ3n) is 7.67. The van der Waals surface area contributed by atoms with Gasteiger partial charge in [-0.15, -0.1) is 0 Å². The summed E-state index contributed by atoms with van der Waals surface area (Å²) < 4.78 is 21.0. The van der Waals surface area contributed by atoms with Crippen LogP contribution in [0.2, 0.25) is 0 Å². The molecule has 1 unspecified atom stereocenters. The smallest absolute Gasteiger partial charge is 0.407 e. The van der Waals surface area contributed by atoms with Crippen molar-refractivity contribution in [3.63, 3.8) is 0 Å². The Kier molecular flexibility index (Phi) is 45.7. The number of unbranched alkanes of at least 4 members (excludes halogenated alkanes) is 20. The minimum absolute atomic E-state index is 0. The zero-order chi connectivity index (χ0) is 31.6. The second-order valence-electron chi connectivity index (χ2n) is 11.9. The molecule has 278 valence electrons. The number of methoxy groups -OCH3 is 1. The van der Waals surface area contributed by atoms with Gasteiger partial charge in [-0.1, -0.05) is 165 Å². The molecule has 0 saturated carbocycles. The van der Waals surface area contributed by atoms with Crippen molar-refractivity contribution in [3.05, 3.63) is 0 Å². The number of ether oxygens (including phenoxy) is 4. The summed E-state index contributed by atoms with van der Waals surface area (Å²) in [5.74, 6) is -0.669. The Bertz CT molecular complexity index is 645. The van der Waals surface area contributed by atoms with Crippen LogP contribution in [0.4, 0.5) is 4.79 Å². The lowest BCUT2D eigenvalue weighted by Crippen LogP contribution is -2.34. The van der Waals surface area contributed by atoms with Crippen molar-refractivity contribution in [3.8, 4) is 0 Å². The van der Waals surface area contributed by atoms with E-state index in [1.165, 1.54) is 103 Å². The Hall–Kier alpha value is -1.83. The van der Waals surface area contributed by atoms with Gasteiger partial charge in [0, 0.05) is 26.5 Å². The van der Waals surface area contributed by atoms with Gasteiger partial charge in [-0.05, 0) is 12.8 Å². The number of alkyl carbamates (subject to hydrolysis) is 1. The average molecular weight is 662 g/mol. The Morgan fingerprint density at radius 3 is 1.30 bits per heavy atom. The van der Waals surface area contributed by atoms with E-state index < -0.39 is 12.2 Å². The SMILES string of the molecule is C.C.C.CCCCCCCCCCCCCC(=O)OCC(COC(=O)NCCOC)OC(=O)CCCCCCCCCCCCC. The summed E-state index contributed by atoms with van der Waals surface area (Å²) in [4.78, 5) is 36.7. The van der Waals surface area contributed by atoms with Gasteiger partial charge in [0.15, 0.2) is 6.10 Å². The van der Waals surface area contributed by atoms with Crippen LogP contribution in [0.5, 0.6) is 0 Å². The van der Waals surface area contributed by atoms with Gasteiger partial charge in [0.1, 0.15) is 13.2 Å². The van der Waals surface area contributed by atoms with Gasteiger partial charge in [-0.3, -0.25) is 9.59 Å². The van der Waals surface area contributed by atoms with Gasteiger partial charge in [0.25, 0.3) is 0 Å². The van der Waals surface area contributed by atoms with E-state index in [4.69, 9.17) is 18.9 Å². The minimum atomic E-state index is -0.824. The summed E-state index contributed by atoms with van der Waals surface area (Å²) in [6, 6.07) is 0. The van der Waals surface area contributed by atoms with Crippen molar-refractivity contribution in [1.82, 2.24) is 5.32 Å². The summed E-state index contributed by atoms with van der Waals surface area (Å²) in [6.07, 6.45) is 25.8. The number of amides is 1. The first-order valence-electron chi connectivity index (χ1n) is 17.8. The number of nitrogens with one attached hydrogen (secondary N) is 1. The quantitative estimate of drug-likeness (QED) is 0.0435. The number of hydrogen-bond donors (Lipinski definition) is 1. The minimum Gasteiger partial charge on any atom is -0.462 e. The van der Waals surface area contributed by atoms with Crippen LogP contribution in [-0.4, -0.2) is 57.6 Å². The zero-order valence-corrected chi connectivity index (χ0v) is 28.2. The van der Waals surface area contributed by atoms with Crippen molar-refractivity contribution in [2.24, 2.45) is 0 Å². The van der Waals surface area contributed by atoms with Crippen LogP contribution in [0.1, 0.15) is 190 Å². The molecule has 0 aliphatic heterocycles. The zero-order valence-electron chi connectivity index (χ0n) is 28.2. The summed E-state index contributed by atoms with van der Waals surface area (Å²) in [5.41, 5.74) is 0. The molecule has 0 saturated heterocycles. The molecule has 46 heavy (non-hydrogen) atoms. The molecule has 0 aliphatic rings. The van der Waals surface area contributed by atoms with Crippen molar-refractivity contribution < 1.29 is 33.3 Å². The third-order valence-corrected chi connectivity index (χ3v) is 7.67. The van der Waals surface area contributed by atoms with Gasteiger partial charge in [-0.25, -0.2) is 4.79 Å². The fourth-order valence-electron chi connectivity index (χ4n) is 4.96. The molecule has 0 aromatic rings. The predicted molar refractivity (Wildman–Crippen MR) is 194 cm³/mol. The molecule has 0 fully saturated rings. The van der Waals surface area contributed by atoms with Crippen molar-refractivity contribution in [2.45, 2.75) is 196 Å². The summed E-state index contributed by atoms with van der Waals surface area (Å²) >= 11 is 0. The number of carbonyl (C=O) groups is 3. The molecule has 0 bridgehead atoms. The first-order valence-corrected chi connectivity index (χ1v) is 17.8. The molecule has 1 amide bonds. The number of rotatable bonds is 32. The van der Waals surface area contributed by atoms with Gasteiger partial charge in [-0.2, -0.15) is 0 Å². The lowest BCUT2D eigenvalue weighted by molar-refractivity contribution is -0.161. The molecule has 0 rings (SSSR count). The van der Waals surface area contributed by atoms with Crippen molar-refractivity contribution in [2.75, 3.05) is 33.5 Å². The Labute approximate surface area is 286 Å². The second-order valence-corrected chi connectivity index (χ2v) is 11.9. The fraction of sp³-hybridized carbons (Fsp3) is 0.921. The molecule has 1 N–H and O–H groups in total. The van der Waals surface area contributed by atoms with E-state index in [0.717, 1.165) is 38.5 Å². The van der Waals surface area contributed by atoms with Crippen LogP contribution in [0.25, 0.3) is 0 Å². The summed E-state index contributed by atoms with van der Waals surface area (Å²) in [6.45, 7) is 4.87. The van der Waals surface area contributed by atoms with E-state index in [2.05, 4.69) is 19.2 Å². The van der Waals surface area contributed by atoms with E-state index in [0.29, 0.717) is 26.0 Å². The van der Waals surface area contributed by atoms with E-state index in [-0.39, 0.29) is 47.4 Å². The molecular weight excluding hydrogens is 582 g/mol. The van der Waals surface area contributed by atoms with E-state index in [1.807, 2.05) is 0 Å². The predicted octanol–water partition coefficient (Wildman–Crippen LogP) is 11.1. The lowest BCUT2D eigenvalue weighted by atomic mass is 10.1. The van der Waals surface area contributed by atoms with Crippen LogP contribution in [0.15, 0.2) is 0 Å². The van der Waals surface area contributed by atoms with Gasteiger partial charge in [0.2, 0.25) is 0 Å². The van der Waals surface area contributed by atoms with Crippen LogP contribution < -0.4 is 5.32 Å². The molecule has 1 atom stereocenters. The highest BCUT2D eigenvalue weighted by molar-refractivity contribution is 5.70. The highest BCUT2D eigenvalue weighted by atomic mass is 16.6. The Morgan fingerprint density at radius 1 is 0.522 bits per heavy atom. The molecule has 8 heteroatoms. The van der Waals surface area contributed by atoms with Crippen LogP contribution in [0.3, 0.4) is 0 Å². The first kappa shape index (κ1) is 51.0. The second kappa shape index (κ2) is 41.2. The monoisotopic (exact) mass is 662 g/mol. The Morgan fingerprint density at radius 2 is 0.891 bits per heavy atom. The molecular formula is C38H79NO7. The number of esters is 2. The highest BCUT2D eigenvalue weighted by Gasteiger charge is 2.19. The molecule has 0 aromatic heterocycles. The maximum atomic E-state index is 12.5. The van der Waals surface area contributed by atoms with Crippen molar-refractivity contribution in [1.29, 1.82) is 0 Å². The standard InChI is InChI=1S/C35H67NO7.3CH4/c1-4-6-8-10-12-14-16-18-20-22-24-26-33(37)41-30-32(31-42-35(39)36-28-29-40-3)43-34(38)27-25-23-21-19-17-15-13-11-9-7-5-2;;;/h32H,4-31H2,1-3H3,(H,36,39);3*1H4. The normalized spacial score (nSPS) is 10.9. The summed E-state index contributed by atoms with van der Waals surface area (Å²) in [7, 11) is 1.54. The van der Waals surface area contributed by atoms with Crippen LogP contribution in [0, 0.1) is 0 Å². The topological polar surface area (TPSA) is 100 Å².